The number of nitrogens with one attached hydrogen (secondary N) is 3. The summed E-state index contributed by atoms with van der Waals surface area (Å²) in [6, 6.07) is 9.06. The molecule has 2 aromatic rings. The molecule has 0 aliphatic rings. The lowest BCUT2D eigenvalue weighted by molar-refractivity contribution is -0.115. The maximum absolute atomic E-state index is 13.6. The van der Waals surface area contributed by atoms with E-state index in [0.29, 0.717) is 12.5 Å². The van der Waals surface area contributed by atoms with Crippen LogP contribution in [-0.4, -0.2) is 32.6 Å². The third-order valence-corrected chi connectivity index (χ3v) is 3.57. The van der Waals surface area contributed by atoms with E-state index in [1.54, 1.807) is 7.11 Å². The zero-order valence-electron chi connectivity index (χ0n) is 15.2. The van der Waals surface area contributed by atoms with E-state index in [2.05, 4.69) is 20.9 Å². The fraction of sp³-hybridized carbons (Fsp3) is 0.222. The van der Waals surface area contributed by atoms with Crippen LogP contribution in [0.5, 0.6) is 5.75 Å². The summed E-state index contributed by atoms with van der Waals surface area (Å²) in [6.07, 6.45) is 0. The van der Waals surface area contributed by atoms with E-state index in [1.807, 2.05) is 24.3 Å². The zero-order chi connectivity index (χ0) is 19.8. The topological polar surface area (TPSA) is 74.8 Å². The van der Waals surface area contributed by atoms with Crippen LogP contribution < -0.4 is 20.7 Å². The maximum atomic E-state index is 13.6. The van der Waals surface area contributed by atoms with E-state index < -0.39 is 29.0 Å². The van der Waals surface area contributed by atoms with E-state index in [1.165, 1.54) is 7.05 Å². The number of carbonyl (C=O) groups is 1. The molecule has 0 radical (unpaired) electrons. The molecule has 152 valence electrons. The van der Waals surface area contributed by atoms with Gasteiger partial charge in [-0.3, -0.25) is 9.79 Å². The van der Waals surface area contributed by atoms with Crippen molar-refractivity contribution in [1.29, 1.82) is 0 Å². The van der Waals surface area contributed by atoms with Gasteiger partial charge in [0.1, 0.15) is 5.75 Å². The van der Waals surface area contributed by atoms with Gasteiger partial charge in [-0.15, -0.1) is 24.0 Å². The van der Waals surface area contributed by atoms with Gasteiger partial charge < -0.3 is 20.7 Å². The van der Waals surface area contributed by atoms with Gasteiger partial charge >= 0.3 is 0 Å². The Morgan fingerprint density at radius 1 is 1.04 bits per heavy atom. The lowest BCUT2D eigenvalue weighted by Crippen LogP contribution is -2.41. The minimum Gasteiger partial charge on any atom is -0.497 e. The molecule has 6 nitrogen and oxygen atoms in total. The number of nitrogens with zero attached hydrogens (tertiary/aromatic N) is 1. The molecule has 2 rings (SSSR count). The quantitative estimate of drug-likeness (QED) is 0.243. The molecule has 28 heavy (non-hydrogen) atoms. The van der Waals surface area contributed by atoms with Crippen molar-refractivity contribution in [2.45, 2.75) is 6.54 Å². The fourth-order valence-electron chi connectivity index (χ4n) is 2.13. The molecular weight excluding hydrogens is 488 g/mol. The monoisotopic (exact) mass is 508 g/mol. The molecule has 10 heteroatoms. The second kappa shape index (κ2) is 11.4. The predicted octanol–water partition coefficient (Wildman–Crippen LogP) is 3.03. The molecule has 2 aromatic carbocycles. The van der Waals surface area contributed by atoms with Gasteiger partial charge in [-0.2, -0.15) is 0 Å². The minimum absolute atomic E-state index is 0. The number of hydrogen-bond acceptors (Lipinski definition) is 3. The summed E-state index contributed by atoms with van der Waals surface area (Å²) in [5.74, 6) is -3.99. The molecule has 0 aliphatic heterocycles. The average Bonchev–Trinajstić information content (AvgIpc) is 2.69. The molecular formula is C18H20F3IN4O2. The van der Waals surface area contributed by atoms with Crippen LogP contribution in [0.25, 0.3) is 0 Å². The van der Waals surface area contributed by atoms with Gasteiger partial charge in [0.2, 0.25) is 5.91 Å². The first-order chi connectivity index (χ1) is 12.9. The summed E-state index contributed by atoms with van der Waals surface area (Å²) < 4.78 is 44.7. The highest BCUT2D eigenvalue weighted by Gasteiger charge is 2.15. The summed E-state index contributed by atoms with van der Waals surface area (Å²) in [7, 11) is 3.10. The molecule has 0 saturated carbocycles. The predicted molar refractivity (Wildman–Crippen MR) is 112 cm³/mol. The summed E-state index contributed by atoms with van der Waals surface area (Å²) in [5.41, 5.74) is 0.522. The van der Waals surface area contributed by atoms with Crippen molar-refractivity contribution in [1.82, 2.24) is 10.6 Å². The average molecular weight is 508 g/mol. The molecule has 0 spiro atoms. The Balaban J connectivity index is 0.00000392. The van der Waals surface area contributed by atoms with Crippen molar-refractivity contribution in [2.24, 2.45) is 4.99 Å². The number of rotatable bonds is 6. The summed E-state index contributed by atoms with van der Waals surface area (Å²) in [6.45, 7) is 0.198. The number of benzene rings is 2. The highest BCUT2D eigenvalue weighted by molar-refractivity contribution is 14.0. The number of guanidine groups is 1. The van der Waals surface area contributed by atoms with Crippen LogP contribution in [0.1, 0.15) is 5.56 Å². The molecule has 0 atom stereocenters. The van der Waals surface area contributed by atoms with Crippen LogP contribution in [0.4, 0.5) is 18.9 Å². The van der Waals surface area contributed by atoms with Crippen LogP contribution in [-0.2, 0) is 11.3 Å². The number of amides is 1. The van der Waals surface area contributed by atoms with Gasteiger partial charge in [0.05, 0.1) is 19.3 Å². The van der Waals surface area contributed by atoms with Crippen molar-refractivity contribution >= 4 is 41.5 Å². The van der Waals surface area contributed by atoms with E-state index in [9.17, 15) is 18.0 Å². The van der Waals surface area contributed by atoms with Crippen LogP contribution in [0.15, 0.2) is 41.4 Å². The van der Waals surface area contributed by atoms with Crippen molar-refractivity contribution < 1.29 is 22.7 Å². The van der Waals surface area contributed by atoms with Crippen molar-refractivity contribution in [3.05, 3.63) is 59.4 Å². The normalized spacial score (nSPS) is 10.7. The molecule has 0 heterocycles. The Kier molecular flexibility index (Phi) is 9.56. The van der Waals surface area contributed by atoms with E-state index in [-0.39, 0.29) is 30.5 Å². The van der Waals surface area contributed by atoms with Crippen molar-refractivity contribution in [2.75, 3.05) is 26.0 Å². The number of hydrogen-bond donors (Lipinski definition) is 3. The maximum Gasteiger partial charge on any atom is 0.243 e. The Morgan fingerprint density at radius 2 is 1.71 bits per heavy atom. The molecule has 0 aliphatic carbocycles. The van der Waals surface area contributed by atoms with E-state index in [0.717, 1.165) is 23.4 Å². The van der Waals surface area contributed by atoms with Crippen LogP contribution >= 0.6 is 24.0 Å². The third-order valence-electron chi connectivity index (χ3n) is 3.57. The molecule has 0 aromatic heterocycles. The van der Waals surface area contributed by atoms with Crippen LogP contribution in [0.3, 0.4) is 0 Å². The number of ether oxygens (including phenoxy) is 1. The van der Waals surface area contributed by atoms with Gasteiger partial charge in [0.15, 0.2) is 23.4 Å². The van der Waals surface area contributed by atoms with Crippen LogP contribution in [0.2, 0.25) is 0 Å². The second-order valence-electron chi connectivity index (χ2n) is 5.40. The van der Waals surface area contributed by atoms with E-state index >= 15 is 0 Å². The number of halogens is 4. The summed E-state index contributed by atoms with van der Waals surface area (Å²) in [4.78, 5) is 15.8. The molecule has 0 bridgehead atoms. The Labute approximate surface area is 177 Å². The lowest BCUT2D eigenvalue weighted by atomic mass is 10.2. The smallest absolute Gasteiger partial charge is 0.243 e. The number of aliphatic imine (C=N–C) groups is 1. The largest absolute Gasteiger partial charge is 0.497 e. The zero-order valence-corrected chi connectivity index (χ0v) is 17.5. The number of anilines is 1. The SMILES string of the molecule is CN=C(NCC(=O)Nc1ccc(F)c(F)c1F)NCc1ccc(OC)cc1.I. The first-order valence-corrected chi connectivity index (χ1v) is 7.95. The summed E-state index contributed by atoms with van der Waals surface area (Å²) in [5, 5.41) is 7.91. The molecule has 0 fully saturated rings. The Morgan fingerprint density at radius 3 is 2.32 bits per heavy atom. The van der Waals surface area contributed by atoms with E-state index in [4.69, 9.17) is 4.74 Å². The summed E-state index contributed by atoms with van der Waals surface area (Å²) >= 11 is 0. The van der Waals surface area contributed by atoms with Crippen molar-refractivity contribution in [3.8, 4) is 5.75 Å². The molecule has 1 amide bonds. The molecule has 3 N–H and O–H groups in total. The number of methoxy groups -OCH3 is 1. The van der Waals surface area contributed by atoms with Gasteiger partial charge in [-0.1, -0.05) is 12.1 Å². The Hall–Kier alpha value is -2.50. The first-order valence-electron chi connectivity index (χ1n) is 7.95. The Bertz CT molecular complexity index is 832. The van der Waals surface area contributed by atoms with Crippen LogP contribution in [0, 0.1) is 17.5 Å². The lowest BCUT2D eigenvalue weighted by Gasteiger charge is -2.13. The molecule has 0 saturated heterocycles. The molecule has 0 unspecified atom stereocenters. The standard InChI is InChI=1S/C18H19F3N4O2.HI/c1-22-18(23-9-11-3-5-12(27-2)6-4-11)24-10-15(26)25-14-8-7-13(19)16(20)17(14)21;/h3-8H,9-10H2,1-2H3,(H,25,26)(H2,22,23,24);1H. The van der Waals surface area contributed by atoms with Gasteiger partial charge in [-0.05, 0) is 29.8 Å². The van der Waals surface area contributed by atoms with Gasteiger partial charge in [0.25, 0.3) is 0 Å². The minimum atomic E-state index is -1.64. The van der Waals surface area contributed by atoms with Gasteiger partial charge in [0, 0.05) is 13.6 Å². The van der Waals surface area contributed by atoms with Gasteiger partial charge in [-0.25, -0.2) is 13.2 Å². The fourth-order valence-corrected chi connectivity index (χ4v) is 2.13. The first kappa shape index (κ1) is 23.5. The highest BCUT2D eigenvalue weighted by atomic mass is 127. The second-order valence-corrected chi connectivity index (χ2v) is 5.40. The highest BCUT2D eigenvalue weighted by Crippen LogP contribution is 2.19. The van der Waals surface area contributed by atoms with Crippen molar-refractivity contribution in [3.63, 3.8) is 0 Å². The number of carbonyl (C=O) groups excluding carboxylic acids is 1. The third kappa shape index (κ3) is 6.59.